The third-order valence-electron chi connectivity index (χ3n) is 5.72. The second kappa shape index (κ2) is 9.19. The van der Waals surface area contributed by atoms with Gasteiger partial charge < -0.3 is 16.4 Å². The summed E-state index contributed by atoms with van der Waals surface area (Å²) < 4.78 is 16.6. The molecule has 0 radical (unpaired) electrons. The van der Waals surface area contributed by atoms with Gasteiger partial charge in [-0.3, -0.25) is 9.36 Å². The number of carbonyl (C=O) groups is 1. The van der Waals surface area contributed by atoms with E-state index in [4.69, 9.17) is 22.6 Å². The van der Waals surface area contributed by atoms with Crippen LogP contribution in [0.5, 0.6) is 0 Å². The van der Waals surface area contributed by atoms with Crippen molar-refractivity contribution in [1.82, 2.24) is 19.5 Å². The molecule has 2 heterocycles. The Morgan fingerprint density at radius 1 is 1.30 bits per heavy atom. The van der Waals surface area contributed by atoms with Crippen LogP contribution in [0.15, 0.2) is 18.3 Å². The number of fused-ring (bicyclic) bond motifs is 1. The molecule has 0 atom stereocenters. The normalized spacial score (nSPS) is 18.3. The number of nitrogens with one attached hydrogen (secondary N) is 2. The SMILES string of the molecule is CC(C)Nc1ncc2nc(Nc3c(F)cc(C#N)cc3Cl)n([C@H]3CC[C@@H](C(N)=O)CC3)c2n1. The Morgan fingerprint density at radius 3 is 2.64 bits per heavy atom. The number of nitriles is 1. The fraction of sp³-hybridized carbons (Fsp3) is 0.409. The Balaban J connectivity index is 1.78. The molecular weight excluding hydrogens is 447 g/mol. The van der Waals surface area contributed by atoms with Gasteiger partial charge in [0.15, 0.2) is 5.65 Å². The number of benzene rings is 1. The highest BCUT2D eigenvalue weighted by Crippen LogP contribution is 2.38. The summed E-state index contributed by atoms with van der Waals surface area (Å²) >= 11 is 6.26. The van der Waals surface area contributed by atoms with Crippen LogP contribution in [-0.4, -0.2) is 31.5 Å². The molecule has 0 spiro atoms. The number of nitrogens with two attached hydrogens (primary N) is 1. The van der Waals surface area contributed by atoms with Crippen molar-refractivity contribution in [3.05, 3.63) is 34.7 Å². The average molecular weight is 471 g/mol. The van der Waals surface area contributed by atoms with Crippen LogP contribution in [-0.2, 0) is 4.79 Å². The van der Waals surface area contributed by atoms with E-state index < -0.39 is 5.82 Å². The highest BCUT2D eigenvalue weighted by atomic mass is 35.5. The van der Waals surface area contributed by atoms with Crippen molar-refractivity contribution in [3.63, 3.8) is 0 Å². The molecule has 172 valence electrons. The van der Waals surface area contributed by atoms with Crippen molar-refractivity contribution < 1.29 is 9.18 Å². The maximum atomic E-state index is 14.7. The number of aromatic nitrogens is 4. The molecule has 1 aromatic carbocycles. The van der Waals surface area contributed by atoms with Gasteiger partial charge >= 0.3 is 0 Å². The fourth-order valence-corrected chi connectivity index (χ4v) is 4.40. The molecule has 2 aromatic heterocycles. The number of amides is 1. The lowest BCUT2D eigenvalue weighted by molar-refractivity contribution is -0.122. The number of hydrogen-bond acceptors (Lipinski definition) is 7. The van der Waals surface area contributed by atoms with Gasteiger partial charge in [0.25, 0.3) is 0 Å². The van der Waals surface area contributed by atoms with E-state index in [0.29, 0.717) is 48.7 Å². The number of rotatable bonds is 6. The van der Waals surface area contributed by atoms with Crippen LogP contribution in [0.1, 0.15) is 51.1 Å². The van der Waals surface area contributed by atoms with E-state index in [9.17, 15) is 9.18 Å². The largest absolute Gasteiger partial charge is 0.369 e. The molecular formula is C22H24ClFN8O. The summed E-state index contributed by atoms with van der Waals surface area (Å²) in [6, 6.07) is 4.49. The molecule has 1 aliphatic rings. The molecule has 9 nitrogen and oxygen atoms in total. The summed E-state index contributed by atoms with van der Waals surface area (Å²) in [6.07, 6.45) is 4.28. The quantitative estimate of drug-likeness (QED) is 0.489. The zero-order valence-electron chi connectivity index (χ0n) is 18.3. The molecule has 0 saturated heterocycles. The summed E-state index contributed by atoms with van der Waals surface area (Å²) in [5, 5.41) is 15.3. The van der Waals surface area contributed by atoms with Gasteiger partial charge in [0.1, 0.15) is 11.3 Å². The summed E-state index contributed by atoms with van der Waals surface area (Å²) in [4.78, 5) is 25.2. The van der Waals surface area contributed by atoms with Crippen LogP contribution < -0.4 is 16.4 Å². The highest BCUT2D eigenvalue weighted by Gasteiger charge is 2.29. The van der Waals surface area contributed by atoms with Crippen molar-refractivity contribution in [2.24, 2.45) is 11.7 Å². The van der Waals surface area contributed by atoms with Gasteiger partial charge in [-0.15, -0.1) is 0 Å². The summed E-state index contributed by atoms with van der Waals surface area (Å²) in [5.41, 5.74) is 6.76. The Bertz CT molecular complexity index is 1220. The molecule has 1 saturated carbocycles. The molecule has 0 bridgehead atoms. The minimum atomic E-state index is -0.664. The number of imidazole rings is 1. The smallest absolute Gasteiger partial charge is 0.224 e. The monoisotopic (exact) mass is 470 g/mol. The lowest BCUT2D eigenvalue weighted by atomic mass is 9.85. The number of anilines is 3. The van der Waals surface area contributed by atoms with Crippen molar-refractivity contribution in [2.45, 2.75) is 51.6 Å². The van der Waals surface area contributed by atoms with Gasteiger partial charge in [-0.1, -0.05) is 11.6 Å². The highest BCUT2D eigenvalue weighted by molar-refractivity contribution is 6.33. The van der Waals surface area contributed by atoms with Crippen LogP contribution in [0.4, 0.5) is 22.0 Å². The minimum absolute atomic E-state index is 0.0199. The van der Waals surface area contributed by atoms with Crippen LogP contribution in [0.25, 0.3) is 11.2 Å². The van der Waals surface area contributed by atoms with Crippen molar-refractivity contribution in [1.29, 1.82) is 5.26 Å². The van der Waals surface area contributed by atoms with Gasteiger partial charge in [-0.2, -0.15) is 10.2 Å². The van der Waals surface area contributed by atoms with Gasteiger partial charge in [-0.25, -0.2) is 14.4 Å². The topological polar surface area (TPSA) is 135 Å². The maximum absolute atomic E-state index is 14.7. The first kappa shape index (κ1) is 22.7. The zero-order chi connectivity index (χ0) is 23.7. The van der Waals surface area contributed by atoms with E-state index in [2.05, 4.69) is 25.6 Å². The number of carbonyl (C=O) groups excluding carboxylic acids is 1. The molecule has 1 aliphatic carbocycles. The van der Waals surface area contributed by atoms with E-state index in [1.807, 2.05) is 24.5 Å². The molecule has 4 N–H and O–H groups in total. The molecule has 11 heteroatoms. The summed E-state index contributed by atoms with van der Waals surface area (Å²) in [5.74, 6) is -0.305. The number of hydrogen-bond donors (Lipinski definition) is 3. The lowest BCUT2D eigenvalue weighted by Gasteiger charge is -2.29. The van der Waals surface area contributed by atoms with Gasteiger partial charge in [-0.05, 0) is 51.7 Å². The number of primary amides is 1. The van der Waals surface area contributed by atoms with Gasteiger partial charge in [0.2, 0.25) is 17.8 Å². The van der Waals surface area contributed by atoms with Crippen LogP contribution >= 0.6 is 11.6 Å². The van der Waals surface area contributed by atoms with E-state index in [1.165, 1.54) is 6.07 Å². The van der Waals surface area contributed by atoms with Crippen molar-refractivity contribution in [2.75, 3.05) is 10.6 Å². The number of nitrogens with zero attached hydrogens (tertiary/aromatic N) is 5. The molecule has 1 fully saturated rings. The molecule has 4 rings (SSSR count). The minimum Gasteiger partial charge on any atom is -0.369 e. The molecule has 3 aromatic rings. The second-order valence-corrected chi connectivity index (χ2v) is 8.87. The van der Waals surface area contributed by atoms with Crippen molar-refractivity contribution >= 4 is 46.3 Å². The first-order chi connectivity index (χ1) is 15.8. The van der Waals surface area contributed by atoms with E-state index >= 15 is 0 Å². The lowest BCUT2D eigenvalue weighted by Crippen LogP contribution is -2.28. The van der Waals surface area contributed by atoms with Crippen LogP contribution in [0, 0.1) is 23.1 Å². The summed E-state index contributed by atoms with van der Waals surface area (Å²) in [6.45, 7) is 3.97. The third-order valence-corrected chi connectivity index (χ3v) is 6.02. The van der Waals surface area contributed by atoms with Crippen LogP contribution in [0.3, 0.4) is 0 Å². The average Bonchev–Trinajstić information content (AvgIpc) is 3.13. The van der Waals surface area contributed by atoms with E-state index in [0.717, 1.165) is 6.07 Å². The Labute approximate surface area is 195 Å². The Hall–Kier alpha value is -3.45. The molecule has 0 unspecified atom stereocenters. The zero-order valence-corrected chi connectivity index (χ0v) is 19.0. The predicted octanol–water partition coefficient (Wildman–Crippen LogP) is 4.27. The van der Waals surface area contributed by atoms with E-state index in [1.54, 1.807) is 6.20 Å². The van der Waals surface area contributed by atoms with Gasteiger partial charge in [0.05, 0.1) is 28.5 Å². The van der Waals surface area contributed by atoms with Crippen molar-refractivity contribution in [3.8, 4) is 6.07 Å². The first-order valence-electron chi connectivity index (χ1n) is 10.7. The number of halogens is 2. The first-order valence-corrected chi connectivity index (χ1v) is 11.1. The summed E-state index contributed by atoms with van der Waals surface area (Å²) in [7, 11) is 0. The molecule has 1 amide bonds. The maximum Gasteiger partial charge on any atom is 0.224 e. The second-order valence-electron chi connectivity index (χ2n) is 8.47. The molecule has 0 aliphatic heterocycles. The molecule has 33 heavy (non-hydrogen) atoms. The standard InChI is InChI=1S/C22H24ClFN8O/c1-11(2)28-21-27-10-17-20(31-21)32(14-5-3-13(4-6-14)19(26)33)22(29-17)30-18-15(23)7-12(9-25)8-16(18)24/h7-8,10-11,13-14H,3-6H2,1-2H3,(H2,26,33)(H,29,30)(H,27,28,31)/t13-,14+. The van der Waals surface area contributed by atoms with Crippen LogP contribution in [0.2, 0.25) is 5.02 Å². The predicted molar refractivity (Wildman–Crippen MR) is 124 cm³/mol. The third kappa shape index (κ3) is 4.68. The Morgan fingerprint density at radius 2 is 2.03 bits per heavy atom. The fourth-order valence-electron chi connectivity index (χ4n) is 4.14. The van der Waals surface area contributed by atoms with Gasteiger partial charge in [0, 0.05) is 18.0 Å². The van der Waals surface area contributed by atoms with E-state index in [-0.39, 0.29) is 40.2 Å². The Kier molecular flexibility index (Phi) is 6.33.